The van der Waals surface area contributed by atoms with Crippen molar-refractivity contribution in [1.29, 1.82) is 0 Å². The molecule has 0 fully saturated rings. The number of nitrogens with one attached hydrogen (secondary N) is 1. The Balaban J connectivity index is 0.00000353. The van der Waals surface area contributed by atoms with E-state index in [2.05, 4.69) is 5.32 Å². The predicted molar refractivity (Wildman–Crippen MR) is 172 cm³/mol. The van der Waals surface area contributed by atoms with Crippen LogP contribution in [0.1, 0.15) is 36.0 Å². The summed E-state index contributed by atoms with van der Waals surface area (Å²) >= 11 is 0. The summed E-state index contributed by atoms with van der Waals surface area (Å²) in [6.07, 6.45) is 2.60. The smallest absolute Gasteiger partial charge is 0.325 e. The van der Waals surface area contributed by atoms with Crippen molar-refractivity contribution < 1.29 is 42.8 Å². The average molecular weight is 673 g/mol. The molecule has 45 heavy (non-hydrogen) atoms. The number of fused-ring (bicyclic) bond motifs is 2. The highest BCUT2D eigenvalue weighted by molar-refractivity contribution is 5.85. The molecule has 0 saturated heterocycles. The second-order valence-electron chi connectivity index (χ2n) is 11.2. The van der Waals surface area contributed by atoms with Crippen molar-refractivity contribution in [2.45, 2.75) is 38.6 Å². The minimum Gasteiger partial charge on any atom is -0.490 e. The van der Waals surface area contributed by atoms with Crippen LogP contribution in [0, 0.1) is 5.92 Å². The van der Waals surface area contributed by atoms with Crippen molar-refractivity contribution >= 4 is 42.7 Å². The first kappa shape index (κ1) is 37.7. The van der Waals surface area contributed by atoms with E-state index in [1.807, 2.05) is 18.2 Å². The van der Waals surface area contributed by atoms with E-state index in [-0.39, 0.29) is 79.5 Å². The van der Waals surface area contributed by atoms with Crippen LogP contribution < -0.4 is 33.7 Å². The maximum atomic E-state index is 13.0. The largest absolute Gasteiger partial charge is 0.490 e. The lowest BCUT2D eigenvalue weighted by molar-refractivity contribution is -0.136. The van der Waals surface area contributed by atoms with Crippen molar-refractivity contribution in [3.8, 4) is 34.5 Å². The zero-order valence-electron chi connectivity index (χ0n) is 26.6. The van der Waals surface area contributed by atoms with Gasteiger partial charge in [0, 0.05) is 24.1 Å². The van der Waals surface area contributed by atoms with Gasteiger partial charge in [0.15, 0.2) is 23.0 Å². The van der Waals surface area contributed by atoms with Crippen LogP contribution in [0.3, 0.4) is 0 Å². The van der Waals surface area contributed by atoms with Gasteiger partial charge in [-0.1, -0.05) is 6.07 Å². The first-order valence-electron chi connectivity index (χ1n) is 14.2. The van der Waals surface area contributed by atoms with Crippen LogP contribution in [-0.4, -0.2) is 89.9 Å². The van der Waals surface area contributed by atoms with Gasteiger partial charge in [0.1, 0.15) is 0 Å². The minimum atomic E-state index is -0.464. The molecule has 0 aromatic heterocycles. The summed E-state index contributed by atoms with van der Waals surface area (Å²) in [5, 5.41) is 3.00. The number of halogens is 2. The van der Waals surface area contributed by atoms with Crippen LogP contribution in [-0.2, 0) is 33.8 Å². The van der Waals surface area contributed by atoms with Gasteiger partial charge in [0.25, 0.3) is 0 Å². The fourth-order valence-electron chi connectivity index (χ4n) is 5.31. The van der Waals surface area contributed by atoms with E-state index in [9.17, 15) is 14.4 Å². The molecule has 0 unspecified atom stereocenters. The molecular weight excluding hydrogens is 629 g/mol. The van der Waals surface area contributed by atoms with Crippen LogP contribution in [0.2, 0.25) is 0 Å². The van der Waals surface area contributed by atoms with Crippen LogP contribution in [0.5, 0.6) is 34.5 Å². The van der Waals surface area contributed by atoms with E-state index in [1.165, 1.54) is 14.2 Å². The third-order valence-corrected chi connectivity index (χ3v) is 7.27. The summed E-state index contributed by atoms with van der Waals surface area (Å²) < 4.78 is 33.9. The first-order valence-corrected chi connectivity index (χ1v) is 14.2. The highest BCUT2D eigenvalue weighted by atomic mass is 35.5. The molecule has 0 radical (unpaired) electrons. The molecule has 1 N–H and O–H groups in total. The van der Waals surface area contributed by atoms with Crippen molar-refractivity contribution in [3.05, 3.63) is 34.9 Å². The van der Waals surface area contributed by atoms with Gasteiger partial charge in [-0.05, 0) is 77.5 Å². The Labute approximate surface area is 276 Å². The molecule has 2 aliphatic rings. The topological polar surface area (TPSA) is 125 Å². The number of ether oxygens (including phenoxy) is 6. The van der Waals surface area contributed by atoms with E-state index in [0.717, 1.165) is 5.56 Å². The van der Waals surface area contributed by atoms with Gasteiger partial charge in [-0.25, -0.2) is 0 Å². The number of benzene rings is 2. The molecule has 0 atom stereocenters. The Morgan fingerprint density at radius 2 is 1.31 bits per heavy atom. The number of likely N-dealkylation sites (N-methyl/N-ethyl adjacent to an activating group) is 2. The number of amides is 1. The summed E-state index contributed by atoms with van der Waals surface area (Å²) in [5.74, 6) is 1.27. The van der Waals surface area contributed by atoms with E-state index in [0.29, 0.717) is 61.3 Å². The molecule has 4 rings (SSSR count). The number of hydrogen-bond acceptors (Lipinski definition) is 11. The summed E-state index contributed by atoms with van der Waals surface area (Å²) in [5.41, 5.74) is 2.33. The Morgan fingerprint density at radius 3 is 1.80 bits per heavy atom. The van der Waals surface area contributed by atoms with E-state index in [1.54, 1.807) is 38.0 Å². The quantitative estimate of drug-likeness (QED) is 0.203. The Morgan fingerprint density at radius 1 is 0.800 bits per heavy atom. The molecule has 2 aromatic rings. The highest BCUT2D eigenvalue weighted by Gasteiger charge is 2.33. The van der Waals surface area contributed by atoms with Gasteiger partial charge in [-0.15, -0.1) is 24.8 Å². The van der Waals surface area contributed by atoms with E-state index < -0.39 is 11.9 Å². The number of esters is 2. The molecule has 1 aliphatic heterocycles. The third-order valence-electron chi connectivity index (χ3n) is 7.27. The van der Waals surface area contributed by atoms with Crippen molar-refractivity contribution in [3.63, 3.8) is 0 Å². The average Bonchev–Trinajstić information content (AvgIpc) is 3.31. The van der Waals surface area contributed by atoms with Crippen molar-refractivity contribution in [2.75, 3.05) is 62.3 Å². The lowest BCUT2D eigenvalue weighted by Crippen LogP contribution is -2.27. The summed E-state index contributed by atoms with van der Waals surface area (Å²) in [4.78, 5) is 42.0. The third kappa shape index (κ3) is 9.77. The molecule has 0 bridgehead atoms. The Kier molecular flexibility index (Phi) is 14.5. The number of carbonyl (C=O) groups excluding carboxylic acids is 3. The van der Waals surface area contributed by atoms with Gasteiger partial charge in [-0.3, -0.25) is 24.2 Å². The molecule has 1 amide bonds. The summed E-state index contributed by atoms with van der Waals surface area (Å²) in [7, 11) is 9.99. The SMILES string of the molecule is COc1c(OC(=O)CN(C)C)c2c(c(OC(=O)CN(C)C)c1OC)CCC(CC(=O)NCc1ccc3c(c1)OCO3)CC2.Cl.Cl. The molecule has 14 heteroatoms. The van der Waals surface area contributed by atoms with Gasteiger partial charge in [0.05, 0.1) is 27.3 Å². The maximum absolute atomic E-state index is 13.0. The number of hydrogen-bond donors (Lipinski definition) is 1. The van der Waals surface area contributed by atoms with Crippen LogP contribution >= 0.6 is 24.8 Å². The van der Waals surface area contributed by atoms with E-state index >= 15 is 0 Å². The molecule has 2 aromatic carbocycles. The Bertz CT molecular complexity index is 1290. The van der Waals surface area contributed by atoms with Crippen LogP contribution in [0.15, 0.2) is 18.2 Å². The number of nitrogens with zero attached hydrogens (tertiary/aromatic N) is 2. The standard InChI is InChI=1S/C31H41N3O9.2ClH/c1-33(2)16-26(36)42-28-21-10-7-19(14-25(35)32-15-20-9-12-23-24(13-20)41-18-40-23)8-11-22(21)29(31(39-6)30(28)38-5)43-27(37)17-34(3)4;;/h9,12-13,19H,7-8,10-11,14-18H2,1-6H3,(H,32,35);2*1H. The monoisotopic (exact) mass is 671 g/mol. The van der Waals surface area contributed by atoms with Gasteiger partial charge in [-0.2, -0.15) is 0 Å². The Hall–Kier alpha value is -3.45. The fraction of sp³-hybridized carbons (Fsp3) is 0.516. The normalized spacial score (nSPS) is 13.6. The van der Waals surface area contributed by atoms with Crippen molar-refractivity contribution in [2.24, 2.45) is 5.92 Å². The second-order valence-corrected chi connectivity index (χ2v) is 11.2. The predicted octanol–water partition coefficient (Wildman–Crippen LogP) is 3.41. The number of rotatable bonds is 12. The molecule has 1 heterocycles. The van der Waals surface area contributed by atoms with Crippen molar-refractivity contribution in [1.82, 2.24) is 15.1 Å². The summed E-state index contributed by atoms with van der Waals surface area (Å²) in [6.45, 7) is 0.687. The van der Waals surface area contributed by atoms with Gasteiger partial charge in [0.2, 0.25) is 24.2 Å². The maximum Gasteiger partial charge on any atom is 0.325 e. The highest BCUT2D eigenvalue weighted by Crippen LogP contribution is 2.52. The molecule has 12 nitrogen and oxygen atoms in total. The zero-order valence-corrected chi connectivity index (χ0v) is 28.2. The lowest BCUT2D eigenvalue weighted by atomic mass is 9.95. The minimum absolute atomic E-state index is 0. The molecule has 1 aliphatic carbocycles. The molecule has 0 spiro atoms. The first-order chi connectivity index (χ1) is 20.6. The fourth-order valence-corrected chi connectivity index (χ4v) is 5.31. The lowest BCUT2D eigenvalue weighted by Gasteiger charge is -2.23. The number of carbonyl (C=O) groups is 3. The second kappa shape index (κ2) is 17.3. The van der Waals surface area contributed by atoms with Gasteiger partial charge >= 0.3 is 11.9 Å². The van der Waals surface area contributed by atoms with Crippen LogP contribution in [0.4, 0.5) is 0 Å². The zero-order chi connectivity index (χ0) is 31.1. The molecule has 0 saturated carbocycles. The molecule has 250 valence electrons. The summed E-state index contributed by atoms with van der Waals surface area (Å²) in [6, 6.07) is 5.60. The van der Waals surface area contributed by atoms with E-state index in [4.69, 9.17) is 28.4 Å². The molecular formula is C31H43Cl2N3O9. The van der Waals surface area contributed by atoms with Gasteiger partial charge < -0.3 is 33.7 Å². The van der Waals surface area contributed by atoms with Crippen LogP contribution in [0.25, 0.3) is 0 Å². The number of methoxy groups -OCH3 is 2.